The van der Waals surface area contributed by atoms with E-state index in [1.807, 2.05) is 0 Å². The molecule has 5 nitrogen and oxygen atoms in total. The van der Waals surface area contributed by atoms with Crippen LogP contribution in [-0.2, 0) is 4.74 Å². The van der Waals surface area contributed by atoms with Gasteiger partial charge in [0.1, 0.15) is 5.69 Å². The lowest BCUT2D eigenvalue weighted by atomic mass is 10.2. The Morgan fingerprint density at radius 2 is 2.41 bits per heavy atom. The van der Waals surface area contributed by atoms with Crippen molar-refractivity contribution < 1.29 is 14.6 Å². The Morgan fingerprint density at radius 1 is 1.65 bits per heavy atom. The van der Waals surface area contributed by atoms with Crippen molar-refractivity contribution in [2.45, 2.75) is 12.5 Å². The summed E-state index contributed by atoms with van der Waals surface area (Å²) in [4.78, 5) is 15.4. The fourth-order valence-electron chi connectivity index (χ4n) is 1.23. The normalized spacial score (nSPS) is 12.2. The molecule has 0 radical (unpaired) electrons. The van der Waals surface area contributed by atoms with Gasteiger partial charge < -0.3 is 15.2 Å². The van der Waals surface area contributed by atoms with Crippen molar-refractivity contribution in [3.05, 3.63) is 29.0 Å². The maximum Gasteiger partial charge on any atom is 0.269 e. The van der Waals surface area contributed by atoms with Gasteiger partial charge in [-0.25, -0.2) is 4.98 Å². The van der Waals surface area contributed by atoms with Gasteiger partial charge in [0.25, 0.3) is 5.91 Å². The van der Waals surface area contributed by atoms with Crippen LogP contribution >= 0.6 is 11.6 Å². The summed E-state index contributed by atoms with van der Waals surface area (Å²) in [5.74, 6) is -0.286. The highest BCUT2D eigenvalue weighted by atomic mass is 35.5. The molecule has 0 fully saturated rings. The van der Waals surface area contributed by atoms with Crippen LogP contribution in [0.1, 0.15) is 16.9 Å². The van der Waals surface area contributed by atoms with Gasteiger partial charge in [-0.2, -0.15) is 0 Å². The fraction of sp³-hybridized carbons (Fsp3) is 0.455. The summed E-state index contributed by atoms with van der Waals surface area (Å²) in [7, 11) is 1.51. The summed E-state index contributed by atoms with van der Waals surface area (Å²) in [5.41, 5.74) is 0.302. The number of aromatic nitrogens is 1. The molecule has 1 aromatic heterocycles. The van der Waals surface area contributed by atoms with Crippen molar-refractivity contribution >= 4 is 17.5 Å². The van der Waals surface area contributed by atoms with Gasteiger partial charge in [0.05, 0.1) is 17.7 Å². The van der Waals surface area contributed by atoms with Gasteiger partial charge in [-0.05, 0) is 18.6 Å². The van der Waals surface area contributed by atoms with E-state index in [1.165, 1.54) is 13.3 Å². The fourth-order valence-corrected chi connectivity index (χ4v) is 1.34. The van der Waals surface area contributed by atoms with Crippen molar-refractivity contribution in [3.63, 3.8) is 0 Å². The molecule has 0 spiro atoms. The summed E-state index contributed by atoms with van der Waals surface area (Å²) < 4.78 is 4.77. The van der Waals surface area contributed by atoms with E-state index in [9.17, 15) is 9.90 Å². The number of nitrogens with zero attached hydrogens (tertiary/aromatic N) is 1. The lowest BCUT2D eigenvalue weighted by Crippen LogP contribution is -2.29. The Hall–Kier alpha value is -1.17. The first-order valence-corrected chi connectivity index (χ1v) is 5.58. The predicted octanol–water partition coefficient (Wildman–Crippen LogP) is 0.862. The van der Waals surface area contributed by atoms with Crippen molar-refractivity contribution in [1.82, 2.24) is 10.3 Å². The van der Waals surface area contributed by atoms with E-state index in [-0.39, 0.29) is 12.5 Å². The van der Waals surface area contributed by atoms with Crippen LogP contribution in [-0.4, -0.2) is 42.4 Å². The molecule has 0 saturated carbocycles. The van der Waals surface area contributed by atoms with Gasteiger partial charge >= 0.3 is 0 Å². The Bertz CT molecular complexity index is 356. The van der Waals surface area contributed by atoms with Crippen LogP contribution in [0, 0.1) is 0 Å². The van der Waals surface area contributed by atoms with Gasteiger partial charge in [-0.3, -0.25) is 4.79 Å². The van der Waals surface area contributed by atoms with E-state index >= 15 is 0 Å². The van der Waals surface area contributed by atoms with E-state index in [0.717, 1.165) is 0 Å². The van der Waals surface area contributed by atoms with E-state index in [2.05, 4.69) is 10.3 Å². The number of carbonyl (C=O) groups is 1. The number of methoxy groups -OCH3 is 1. The van der Waals surface area contributed by atoms with Crippen LogP contribution in [0.4, 0.5) is 0 Å². The van der Waals surface area contributed by atoms with E-state index < -0.39 is 6.10 Å². The maximum absolute atomic E-state index is 11.6. The van der Waals surface area contributed by atoms with E-state index in [0.29, 0.717) is 23.7 Å². The molecular weight excluding hydrogens is 244 g/mol. The Kier molecular flexibility index (Phi) is 5.90. The predicted molar refractivity (Wildman–Crippen MR) is 64.1 cm³/mol. The number of amides is 1. The average Bonchev–Trinajstić information content (AvgIpc) is 2.30. The first-order chi connectivity index (χ1) is 8.13. The molecule has 0 aliphatic heterocycles. The molecule has 0 saturated heterocycles. The quantitative estimate of drug-likeness (QED) is 0.794. The van der Waals surface area contributed by atoms with Crippen LogP contribution in [0.3, 0.4) is 0 Å². The number of hydrogen-bond donors (Lipinski definition) is 2. The average molecular weight is 259 g/mol. The highest BCUT2D eigenvalue weighted by molar-refractivity contribution is 6.30. The molecule has 6 heteroatoms. The molecule has 1 rings (SSSR count). The van der Waals surface area contributed by atoms with E-state index in [1.54, 1.807) is 12.1 Å². The molecule has 1 atom stereocenters. The number of hydrogen-bond acceptors (Lipinski definition) is 4. The highest BCUT2D eigenvalue weighted by Gasteiger charge is 2.08. The third-order valence-corrected chi connectivity index (χ3v) is 2.31. The molecule has 94 valence electrons. The van der Waals surface area contributed by atoms with Gasteiger partial charge in [0.15, 0.2) is 0 Å². The van der Waals surface area contributed by atoms with Crippen molar-refractivity contribution in [2.24, 2.45) is 0 Å². The summed E-state index contributed by atoms with van der Waals surface area (Å²) in [6.07, 6.45) is 1.28. The first kappa shape index (κ1) is 13.9. The first-order valence-electron chi connectivity index (χ1n) is 5.20. The molecule has 17 heavy (non-hydrogen) atoms. The molecule has 0 aromatic carbocycles. The Morgan fingerprint density at radius 3 is 3.00 bits per heavy atom. The number of carbonyl (C=O) groups excluding carboxylic acids is 1. The number of pyridine rings is 1. The lowest BCUT2D eigenvalue weighted by molar-refractivity contribution is 0.0587. The minimum Gasteiger partial charge on any atom is -0.391 e. The molecule has 1 heterocycles. The van der Waals surface area contributed by atoms with Crippen molar-refractivity contribution in [1.29, 1.82) is 0 Å². The lowest BCUT2D eigenvalue weighted by Gasteiger charge is -2.09. The zero-order valence-electron chi connectivity index (χ0n) is 9.52. The zero-order chi connectivity index (χ0) is 12.7. The number of aliphatic hydroxyl groups is 1. The van der Waals surface area contributed by atoms with Crippen LogP contribution in [0.15, 0.2) is 18.3 Å². The molecular formula is C11H15ClN2O3. The van der Waals surface area contributed by atoms with Gasteiger partial charge in [-0.15, -0.1) is 0 Å². The van der Waals surface area contributed by atoms with Crippen LogP contribution in [0.2, 0.25) is 5.02 Å². The molecule has 0 aliphatic rings. The SMILES string of the molecule is COCC(O)CCNC(=O)c1ccc(Cl)cn1. The molecule has 1 aromatic rings. The van der Waals surface area contributed by atoms with Crippen molar-refractivity contribution in [3.8, 4) is 0 Å². The van der Waals surface area contributed by atoms with E-state index in [4.69, 9.17) is 16.3 Å². The third kappa shape index (κ3) is 5.12. The summed E-state index contributed by atoms with van der Waals surface area (Å²) in [5, 5.41) is 12.5. The Balaban J connectivity index is 2.32. The standard InChI is InChI=1S/C11H15ClN2O3/c1-17-7-9(15)4-5-13-11(16)10-3-2-8(12)6-14-10/h2-3,6,9,15H,4-5,7H2,1H3,(H,13,16). The zero-order valence-corrected chi connectivity index (χ0v) is 10.3. The summed E-state index contributed by atoms with van der Waals surface area (Å²) in [6.45, 7) is 0.628. The van der Waals surface area contributed by atoms with Crippen molar-refractivity contribution in [2.75, 3.05) is 20.3 Å². The monoisotopic (exact) mass is 258 g/mol. The number of rotatable bonds is 6. The maximum atomic E-state index is 11.6. The molecule has 1 unspecified atom stereocenters. The number of nitrogens with one attached hydrogen (secondary N) is 1. The van der Waals surface area contributed by atoms with Crippen LogP contribution in [0.25, 0.3) is 0 Å². The molecule has 0 aliphatic carbocycles. The number of halogens is 1. The molecule has 2 N–H and O–H groups in total. The minimum atomic E-state index is -0.571. The highest BCUT2D eigenvalue weighted by Crippen LogP contribution is 2.05. The third-order valence-electron chi connectivity index (χ3n) is 2.08. The second-order valence-electron chi connectivity index (χ2n) is 3.52. The minimum absolute atomic E-state index is 0.259. The van der Waals surface area contributed by atoms with Crippen LogP contribution < -0.4 is 5.32 Å². The topological polar surface area (TPSA) is 71.5 Å². The second kappa shape index (κ2) is 7.21. The van der Waals surface area contributed by atoms with Crippen LogP contribution in [0.5, 0.6) is 0 Å². The summed E-state index contributed by atoms with van der Waals surface area (Å²) >= 11 is 5.66. The largest absolute Gasteiger partial charge is 0.391 e. The van der Waals surface area contributed by atoms with Gasteiger partial charge in [0.2, 0.25) is 0 Å². The second-order valence-corrected chi connectivity index (χ2v) is 3.95. The molecule has 0 bridgehead atoms. The number of ether oxygens (including phenoxy) is 1. The smallest absolute Gasteiger partial charge is 0.269 e. The van der Waals surface area contributed by atoms with Gasteiger partial charge in [0, 0.05) is 19.9 Å². The van der Waals surface area contributed by atoms with Gasteiger partial charge in [-0.1, -0.05) is 11.6 Å². The summed E-state index contributed by atoms with van der Waals surface area (Å²) in [6, 6.07) is 3.15. The molecule has 1 amide bonds. The Labute approximate surface area is 105 Å². The number of aliphatic hydroxyl groups excluding tert-OH is 1.